The Bertz CT molecular complexity index is 657. The molecule has 3 rings (SSSR count). The highest BCUT2D eigenvalue weighted by atomic mass is 35.5. The van der Waals surface area contributed by atoms with Crippen LogP contribution in [0.25, 0.3) is 0 Å². The van der Waals surface area contributed by atoms with Crippen LogP contribution in [0.15, 0.2) is 48.7 Å². The van der Waals surface area contributed by atoms with Crippen LogP contribution in [-0.4, -0.2) is 41.6 Å². The number of halogens is 1. The minimum absolute atomic E-state index is 0.0843. The molecule has 0 bridgehead atoms. The van der Waals surface area contributed by atoms with E-state index in [0.717, 1.165) is 12.8 Å². The van der Waals surface area contributed by atoms with E-state index in [2.05, 4.69) is 17.1 Å². The maximum Gasteiger partial charge on any atom is 0.272 e. The molecule has 4 nitrogen and oxygen atoms in total. The second kappa shape index (κ2) is 7.57. The third-order valence-corrected chi connectivity index (χ3v) is 4.27. The van der Waals surface area contributed by atoms with Crippen LogP contribution in [0.2, 0.25) is 5.02 Å². The first-order valence-electron chi connectivity index (χ1n) is 7.78. The quantitative estimate of drug-likeness (QED) is 0.845. The van der Waals surface area contributed by atoms with Gasteiger partial charge in [0.1, 0.15) is 5.69 Å². The second-order valence-corrected chi connectivity index (χ2v) is 6.05. The van der Waals surface area contributed by atoms with E-state index in [1.165, 1.54) is 5.56 Å². The number of carbonyl (C=O) groups excluding carboxylic acids is 1. The van der Waals surface area contributed by atoms with Gasteiger partial charge in [0, 0.05) is 24.4 Å². The average Bonchev–Trinajstić information content (AvgIpc) is 3.10. The zero-order valence-corrected chi connectivity index (χ0v) is 13.6. The van der Waals surface area contributed by atoms with Gasteiger partial charge in [0.15, 0.2) is 0 Å². The van der Waals surface area contributed by atoms with Crippen molar-refractivity contribution in [1.82, 2.24) is 9.88 Å². The van der Waals surface area contributed by atoms with Crippen molar-refractivity contribution in [2.24, 2.45) is 0 Å². The van der Waals surface area contributed by atoms with Crippen molar-refractivity contribution in [3.63, 3.8) is 0 Å². The molecule has 0 spiro atoms. The molecule has 1 aromatic carbocycles. The average molecular weight is 331 g/mol. The van der Waals surface area contributed by atoms with Gasteiger partial charge >= 0.3 is 0 Å². The van der Waals surface area contributed by atoms with Crippen LogP contribution in [0, 0.1) is 0 Å². The van der Waals surface area contributed by atoms with Crippen molar-refractivity contribution in [1.29, 1.82) is 0 Å². The Morgan fingerprint density at radius 2 is 2.13 bits per heavy atom. The van der Waals surface area contributed by atoms with Crippen molar-refractivity contribution < 1.29 is 9.53 Å². The normalized spacial score (nSPS) is 17.2. The number of amides is 1. The molecule has 1 aromatic heterocycles. The first-order valence-corrected chi connectivity index (χ1v) is 8.16. The number of rotatable bonds is 5. The lowest BCUT2D eigenvalue weighted by Crippen LogP contribution is -2.42. The lowest BCUT2D eigenvalue weighted by molar-refractivity contribution is 0.0650. The molecule has 23 heavy (non-hydrogen) atoms. The molecule has 2 heterocycles. The van der Waals surface area contributed by atoms with Gasteiger partial charge in [0.2, 0.25) is 0 Å². The Kier molecular flexibility index (Phi) is 5.26. The van der Waals surface area contributed by atoms with E-state index in [1.54, 1.807) is 18.3 Å². The maximum absolute atomic E-state index is 12.9. The summed E-state index contributed by atoms with van der Waals surface area (Å²) in [6, 6.07) is 13.6. The Morgan fingerprint density at radius 1 is 1.30 bits per heavy atom. The topological polar surface area (TPSA) is 42.4 Å². The van der Waals surface area contributed by atoms with E-state index in [0.29, 0.717) is 30.5 Å². The molecule has 1 unspecified atom stereocenters. The minimum Gasteiger partial charge on any atom is -0.379 e. The monoisotopic (exact) mass is 330 g/mol. The summed E-state index contributed by atoms with van der Waals surface area (Å²) in [6.07, 6.45) is 3.24. The lowest BCUT2D eigenvalue weighted by Gasteiger charge is -2.28. The predicted molar refractivity (Wildman–Crippen MR) is 89.7 cm³/mol. The molecule has 5 heteroatoms. The number of benzene rings is 1. The van der Waals surface area contributed by atoms with Gasteiger partial charge in [-0.3, -0.25) is 9.78 Å². The van der Waals surface area contributed by atoms with Crippen molar-refractivity contribution in [3.8, 4) is 0 Å². The molecule has 1 aliphatic rings. The SMILES string of the molecule is O=C(c1cc(Cl)ccn1)N(CCc1ccccc1)C1CCOC1. The van der Waals surface area contributed by atoms with Gasteiger partial charge in [-0.05, 0) is 30.5 Å². The molecule has 0 saturated carbocycles. The molecule has 0 N–H and O–H groups in total. The van der Waals surface area contributed by atoms with Crippen LogP contribution >= 0.6 is 11.6 Å². The third kappa shape index (κ3) is 4.09. The van der Waals surface area contributed by atoms with E-state index < -0.39 is 0 Å². The van der Waals surface area contributed by atoms with Crippen LogP contribution in [0.3, 0.4) is 0 Å². The van der Waals surface area contributed by atoms with E-state index >= 15 is 0 Å². The van der Waals surface area contributed by atoms with E-state index in [1.807, 2.05) is 23.1 Å². The Morgan fingerprint density at radius 3 is 2.83 bits per heavy atom. The van der Waals surface area contributed by atoms with Crippen molar-refractivity contribution in [2.75, 3.05) is 19.8 Å². The summed E-state index contributed by atoms with van der Waals surface area (Å²) < 4.78 is 5.46. The Labute approximate surface area is 141 Å². The number of aromatic nitrogens is 1. The van der Waals surface area contributed by atoms with Gasteiger partial charge in [0.05, 0.1) is 12.6 Å². The zero-order chi connectivity index (χ0) is 16.1. The fourth-order valence-electron chi connectivity index (χ4n) is 2.78. The highest BCUT2D eigenvalue weighted by Gasteiger charge is 2.28. The largest absolute Gasteiger partial charge is 0.379 e. The molecule has 1 atom stereocenters. The number of ether oxygens (including phenoxy) is 1. The van der Waals surface area contributed by atoms with Gasteiger partial charge in [0.25, 0.3) is 5.91 Å². The van der Waals surface area contributed by atoms with Crippen LogP contribution in [0.5, 0.6) is 0 Å². The third-order valence-electron chi connectivity index (χ3n) is 4.03. The Hall–Kier alpha value is -1.91. The first kappa shape index (κ1) is 16.0. The molecule has 0 radical (unpaired) electrons. The molecule has 1 fully saturated rings. The smallest absolute Gasteiger partial charge is 0.272 e. The summed E-state index contributed by atoms with van der Waals surface area (Å²) in [6.45, 7) is 1.93. The molecular formula is C18H19ClN2O2. The molecular weight excluding hydrogens is 312 g/mol. The summed E-state index contributed by atoms with van der Waals surface area (Å²) in [7, 11) is 0. The number of pyridine rings is 1. The van der Waals surface area contributed by atoms with Gasteiger partial charge < -0.3 is 9.64 Å². The fraction of sp³-hybridized carbons (Fsp3) is 0.333. The number of hydrogen-bond acceptors (Lipinski definition) is 3. The van der Waals surface area contributed by atoms with Crippen LogP contribution in [0.4, 0.5) is 0 Å². The first-order chi connectivity index (χ1) is 11.2. The highest BCUT2D eigenvalue weighted by Crippen LogP contribution is 2.18. The molecule has 2 aromatic rings. The van der Waals surface area contributed by atoms with Gasteiger partial charge in [-0.1, -0.05) is 41.9 Å². The van der Waals surface area contributed by atoms with Gasteiger partial charge in [-0.15, -0.1) is 0 Å². The van der Waals surface area contributed by atoms with Crippen LogP contribution in [-0.2, 0) is 11.2 Å². The molecule has 0 aliphatic carbocycles. The van der Waals surface area contributed by atoms with E-state index in [-0.39, 0.29) is 11.9 Å². The summed E-state index contributed by atoms with van der Waals surface area (Å²) >= 11 is 5.99. The second-order valence-electron chi connectivity index (χ2n) is 5.61. The van der Waals surface area contributed by atoms with Gasteiger partial charge in [-0.25, -0.2) is 0 Å². The summed E-state index contributed by atoms with van der Waals surface area (Å²) in [5.41, 5.74) is 1.60. The molecule has 1 amide bonds. The number of carbonyl (C=O) groups is 1. The molecule has 120 valence electrons. The Balaban J connectivity index is 1.76. The van der Waals surface area contributed by atoms with E-state index in [9.17, 15) is 4.79 Å². The molecule has 1 aliphatic heterocycles. The molecule has 1 saturated heterocycles. The number of hydrogen-bond donors (Lipinski definition) is 0. The zero-order valence-electron chi connectivity index (χ0n) is 12.8. The minimum atomic E-state index is -0.0843. The fourth-order valence-corrected chi connectivity index (χ4v) is 2.94. The summed E-state index contributed by atoms with van der Waals surface area (Å²) in [4.78, 5) is 18.9. The van der Waals surface area contributed by atoms with Crippen LogP contribution in [0.1, 0.15) is 22.5 Å². The van der Waals surface area contributed by atoms with Crippen molar-refractivity contribution in [3.05, 3.63) is 64.9 Å². The van der Waals surface area contributed by atoms with Crippen LogP contribution < -0.4 is 0 Å². The highest BCUT2D eigenvalue weighted by molar-refractivity contribution is 6.30. The maximum atomic E-state index is 12.9. The van der Waals surface area contributed by atoms with Crippen molar-refractivity contribution >= 4 is 17.5 Å². The standard InChI is InChI=1S/C18H19ClN2O2/c19-15-6-9-20-17(12-15)18(22)21(16-8-11-23-13-16)10-7-14-4-2-1-3-5-14/h1-6,9,12,16H,7-8,10-11,13H2. The summed E-state index contributed by atoms with van der Waals surface area (Å²) in [5, 5.41) is 0.522. The predicted octanol–water partition coefficient (Wildman–Crippen LogP) is 3.21. The number of nitrogens with zero attached hydrogens (tertiary/aromatic N) is 2. The van der Waals surface area contributed by atoms with E-state index in [4.69, 9.17) is 16.3 Å². The van der Waals surface area contributed by atoms with Gasteiger partial charge in [-0.2, -0.15) is 0 Å². The van der Waals surface area contributed by atoms with Crippen molar-refractivity contribution in [2.45, 2.75) is 18.9 Å². The lowest BCUT2D eigenvalue weighted by atomic mass is 10.1. The summed E-state index contributed by atoms with van der Waals surface area (Å²) in [5.74, 6) is -0.0843.